The Bertz CT molecular complexity index is 1230. The first-order valence-corrected chi connectivity index (χ1v) is 15.4. The quantitative estimate of drug-likeness (QED) is 0.232. The minimum atomic E-state index is 0.106. The monoisotopic (exact) mass is 574 g/mol. The van der Waals surface area contributed by atoms with E-state index in [4.69, 9.17) is 23.7 Å². The highest BCUT2D eigenvalue weighted by molar-refractivity contribution is 5.61. The first kappa shape index (κ1) is 30.4. The molecule has 42 heavy (non-hydrogen) atoms. The number of benzene rings is 3. The summed E-state index contributed by atoms with van der Waals surface area (Å²) in [4.78, 5) is 2.40. The van der Waals surface area contributed by atoms with E-state index in [2.05, 4.69) is 83.9 Å². The van der Waals surface area contributed by atoms with E-state index in [1.165, 1.54) is 22.3 Å². The van der Waals surface area contributed by atoms with Crippen molar-refractivity contribution in [2.45, 2.75) is 51.4 Å². The number of hydrogen-bond donors (Lipinski definition) is 1. The SMILES string of the molecule is CCc1ccccc1COCCOc1ccc([C@H]2CCNC[C@@H]2OCc2ccc3c(c2)N(CCCOC)CCO3)cc1. The van der Waals surface area contributed by atoms with Crippen molar-refractivity contribution in [3.8, 4) is 11.5 Å². The molecule has 1 N–H and O–H groups in total. The van der Waals surface area contributed by atoms with Gasteiger partial charge in [0.2, 0.25) is 0 Å². The largest absolute Gasteiger partial charge is 0.491 e. The Morgan fingerprint density at radius 2 is 1.81 bits per heavy atom. The van der Waals surface area contributed by atoms with Gasteiger partial charge < -0.3 is 33.9 Å². The van der Waals surface area contributed by atoms with E-state index in [1.54, 1.807) is 7.11 Å². The fraction of sp³-hybridized carbons (Fsp3) is 0.486. The molecule has 2 aliphatic heterocycles. The molecule has 7 nitrogen and oxygen atoms in total. The van der Waals surface area contributed by atoms with Crippen LogP contribution in [-0.4, -0.2) is 65.8 Å². The van der Waals surface area contributed by atoms with Crippen LogP contribution in [0.2, 0.25) is 0 Å². The molecular formula is C35H46N2O5. The number of rotatable bonds is 15. The van der Waals surface area contributed by atoms with E-state index >= 15 is 0 Å². The van der Waals surface area contributed by atoms with Crippen molar-refractivity contribution in [1.82, 2.24) is 5.32 Å². The summed E-state index contributed by atoms with van der Waals surface area (Å²) in [6.45, 7) is 9.64. The number of nitrogens with zero attached hydrogens (tertiary/aromatic N) is 1. The molecule has 1 fully saturated rings. The number of anilines is 1. The van der Waals surface area contributed by atoms with Crippen LogP contribution in [0.4, 0.5) is 5.69 Å². The molecule has 3 aromatic carbocycles. The van der Waals surface area contributed by atoms with Gasteiger partial charge >= 0.3 is 0 Å². The summed E-state index contributed by atoms with van der Waals surface area (Å²) in [6.07, 6.45) is 3.17. The lowest BCUT2D eigenvalue weighted by atomic mass is 9.87. The fourth-order valence-electron chi connectivity index (χ4n) is 5.88. The molecule has 2 heterocycles. The van der Waals surface area contributed by atoms with Gasteiger partial charge in [-0.05, 0) is 72.3 Å². The van der Waals surface area contributed by atoms with Gasteiger partial charge in [0.15, 0.2) is 0 Å². The lowest BCUT2D eigenvalue weighted by molar-refractivity contribution is 0.0106. The van der Waals surface area contributed by atoms with E-state index in [9.17, 15) is 0 Å². The first-order valence-electron chi connectivity index (χ1n) is 15.4. The zero-order chi connectivity index (χ0) is 29.0. The van der Waals surface area contributed by atoms with Gasteiger partial charge in [-0.1, -0.05) is 49.4 Å². The van der Waals surface area contributed by atoms with Gasteiger partial charge in [0.25, 0.3) is 0 Å². The first-order chi connectivity index (χ1) is 20.7. The van der Waals surface area contributed by atoms with Crippen molar-refractivity contribution < 1.29 is 23.7 Å². The molecule has 1 saturated heterocycles. The predicted molar refractivity (Wildman–Crippen MR) is 167 cm³/mol. The molecule has 0 spiro atoms. The molecule has 3 aromatic rings. The van der Waals surface area contributed by atoms with Crippen LogP contribution in [0.15, 0.2) is 66.7 Å². The zero-order valence-corrected chi connectivity index (χ0v) is 25.2. The zero-order valence-electron chi connectivity index (χ0n) is 25.2. The third-order valence-electron chi connectivity index (χ3n) is 8.21. The number of nitrogens with one attached hydrogen (secondary N) is 1. The molecule has 0 bridgehead atoms. The molecule has 0 amide bonds. The van der Waals surface area contributed by atoms with Gasteiger partial charge in [-0.3, -0.25) is 0 Å². The highest BCUT2D eigenvalue weighted by atomic mass is 16.5. The maximum atomic E-state index is 6.55. The summed E-state index contributed by atoms with van der Waals surface area (Å²) in [6, 6.07) is 23.4. The van der Waals surface area contributed by atoms with Crippen molar-refractivity contribution in [1.29, 1.82) is 0 Å². The fourth-order valence-corrected chi connectivity index (χ4v) is 5.88. The van der Waals surface area contributed by atoms with Crippen LogP contribution in [0.3, 0.4) is 0 Å². The molecule has 0 radical (unpaired) electrons. The Labute approximate surface area is 251 Å². The summed E-state index contributed by atoms with van der Waals surface area (Å²) in [5, 5.41) is 3.52. The van der Waals surface area contributed by atoms with Gasteiger partial charge in [-0.15, -0.1) is 0 Å². The lowest BCUT2D eigenvalue weighted by Gasteiger charge is -2.33. The summed E-state index contributed by atoms with van der Waals surface area (Å²) in [7, 11) is 1.75. The van der Waals surface area contributed by atoms with E-state index in [0.717, 1.165) is 75.8 Å². The minimum Gasteiger partial charge on any atom is -0.491 e. The van der Waals surface area contributed by atoms with E-state index in [0.29, 0.717) is 32.3 Å². The molecule has 5 rings (SSSR count). The number of hydrogen-bond acceptors (Lipinski definition) is 7. The molecule has 0 unspecified atom stereocenters. The van der Waals surface area contributed by atoms with Gasteiger partial charge in [0.1, 0.15) is 24.7 Å². The summed E-state index contributed by atoms with van der Waals surface area (Å²) in [5.41, 5.74) is 6.22. The maximum Gasteiger partial charge on any atom is 0.142 e. The maximum absolute atomic E-state index is 6.55. The third-order valence-corrected chi connectivity index (χ3v) is 8.21. The Morgan fingerprint density at radius 3 is 2.64 bits per heavy atom. The Kier molecular flexibility index (Phi) is 11.5. The topological polar surface area (TPSA) is 61.4 Å². The smallest absolute Gasteiger partial charge is 0.142 e. The lowest BCUT2D eigenvalue weighted by Crippen LogP contribution is -2.41. The van der Waals surface area contributed by atoms with Crippen LogP contribution in [0.1, 0.15) is 47.9 Å². The van der Waals surface area contributed by atoms with Crippen LogP contribution in [0.25, 0.3) is 0 Å². The molecule has 0 saturated carbocycles. The highest BCUT2D eigenvalue weighted by Crippen LogP contribution is 2.34. The summed E-state index contributed by atoms with van der Waals surface area (Å²) < 4.78 is 29.6. The second-order valence-corrected chi connectivity index (χ2v) is 11.0. The highest BCUT2D eigenvalue weighted by Gasteiger charge is 2.27. The van der Waals surface area contributed by atoms with Crippen LogP contribution in [0.5, 0.6) is 11.5 Å². The molecule has 7 heteroatoms. The number of piperidine rings is 1. The second-order valence-electron chi connectivity index (χ2n) is 11.0. The number of methoxy groups -OCH3 is 1. The van der Waals surface area contributed by atoms with Gasteiger partial charge in [0.05, 0.1) is 38.2 Å². The van der Waals surface area contributed by atoms with Crippen molar-refractivity contribution >= 4 is 5.69 Å². The number of fused-ring (bicyclic) bond motifs is 1. The van der Waals surface area contributed by atoms with Crippen molar-refractivity contribution in [3.63, 3.8) is 0 Å². The molecule has 2 aliphatic rings. The van der Waals surface area contributed by atoms with E-state index < -0.39 is 0 Å². The minimum absolute atomic E-state index is 0.106. The third kappa shape index (κ3) is 8.26. The van der Waals surface area contributed by atoms with Crippen molar-refractivity contribution in [3.05, 3.63) is 89.0 Å². The van der Waals surface area contributed by atoms with Crippen molar-refractivity contribution in [2.24, 2.45) is 0 Å². The summed E-state index contributed by atoms with van der Waals surface area (Å²) >= 11 is 0. The van der Waals surface area contributed by atoms with E-state index in [-0.39, 0.29) is 6.10 Å². The number of ether oxygens (including phenoxy) is 5. The second kappa shape index (κ2) is 15.9. The molecule has 0 aliphatic carbocycles. The van der Waals surface area contributed by atoms with E-state index in [1.807, 2.05) is 0 Å². The molecule has 0 aromatic heterocycles. The van der Waals surface area contributed by atoms with Crippen LogP contribution >= 0.6 is 0 Å². The molecule has 226 valence electrons. The average Bonchev–Trinajstić information content (AvgIpc) is 3.04. The Balaban J connectivity index is 1.11. The van der Waals surface area contributed by atoms with Crippen LogP contribution < -0.4 is 19.7 Å². The Morgan fingerprint density at radius 1 is 0.952 bits per heavy atom. The number of aryl methyl sites for hydroxylation is 1. The predicted octanol–water partition coefficient (Wildman–Crippen LogP) is 5.74. The van der Waals surface area contributed by atoms with Crippen LogP contribution in [0, 0.1) is 0 Å². The summed E-state index contributed by atoms with van der Waals surface area (Å²) in [5.74, 6) is 2.16. The Hall–Kier alpha value is -3.10. The van der Waals surface area contributed by atoms with Gasteiger partial charge in [0, 0.05) is 32.7 Å². The molecule has 2 atom stereocenters. The van der Waals surface area contributed by atoms with Crippen LogP contribution in [-0.2, 0) is 33.8 Å². The standard InChI is InChI=1S/C35H46N2O5/c1-3-28-7-4-5-8-30(28)26-39-21-22-40-31-12-10-29(11-13-31)32-15-16-36-24-35(32)42-25-27-9-14-34-33(23-27)37(18-20-41-34)17-6-19-38-2/h4-5,7-14,23,32,35-36H,3,6,15-22,24-26H2,1-2H3/t32-,35+/m1/s1. The van der Waals surface area contributed by atoms with Gasteiger partial charge in [-0.2, -0.15) is 0 Å². The van der Waals surface area contributed by atoms with Crippen molar-refractivity contribution in [2.75, 3.05) is 64.6 Å². The van der Waals surface area contributed by atoms with Gasteiger partial charge in [-0.25, -0.2) is 0 Å². The average molecular weight is 575 g/mol. The normalized spacial score (nSPS) is 18.4. The molecular weight excluding hydrogens is 528 g/mol.